The number of anilines is 1. The molecule has 2 aromatic heterocycles. The summed E-state index contributed by atoms with van der Waals surface area (Å²) in [5.41, 5.74) is 1.71. The van der Waals surface area contributed by atoms with Gasteiger partial charge in [-0.15, -0.1) is 10.2 Å². The van der Waals surface area contributed by atoms with Crippen LogP contribution in [-0.2, 0) is 10.2 Å². The van der Waals surface area contributed by atoms with Crippen LogP contribution in [0.3, 0.4) is 0 Å². The number of hydrogen-bond acceptors (Lipinski definition) is 7. The Balaban J connectivity index is 1.73. The zero-order valence-corrected chi connectivity index (χ0v) is 18.7. The average Bonchev–Trinajstić information content (AvgIpc) is 3.28. The summed E-state index contributed by atoms with van der Waals surface area (Å²) in [5, 5.41) is 16.0. The van der Waals surface area contributed by atoms with Gasteiger partial charge in [-0.3, -0.25) is 4.79 Å². The summed E-state index contributed by atoms with van der Waals surface area (Å²) < 4.78 is 3.52. The lowest BCUT2D eigenvalue weighted by atomic mass is 9.92. The highest BCUT2D eigenvalue weighted by Gasteiger charge is 2.21. The largest absolute Gasteiger partial charge is 0.310 e. The van der Waals surface area contributed by atoms with Gasteiger partial charge in [0.15, 0.2) is 8.68 Å². The Morgan fingerprint density at radius 1 is 1.14 bits per heavy atom. The zero-order valence-electron chi connectivity index (χ0n) is 16.3. The third kappa shape index (κ3) is 5.36. The monoisotopic (exact) mass is 433 g/mol. The van der Waals surface area contributed by atoms with Crippen molar-refractivity contribution in [2.75, 3.05) is 16.8 Å². The fourth-order valence-electron chi connectivity index (χ4n) is 2.35. The van der Waals surface area contributed by atoms with Crippen molar-refractivity contribution in [1.82, 2.24) is 20.0 Å². The van der Waals surface area contributed by atoms with Crippen LogP contribution in [0.2, 0.25) is 0 Å². The molecule has 0 unspecified atom stereocenters. The second kappa shape index (κ2) is 9.11. The van der Waals surface area contributed by atoms with E-state index in [1.165, 1.54) is 23.1 Å². The van der Waals surface area contributed by atoms with Gasteiger partial charge in [-0.05, 0) is 17.9 Å². The molecule has 0 aliphatic heterocycles. The summed E-state index contributed by atoms with van der Waals surface area (Å²) in [6.07, 6.45) is 0. The molecule has 0 fully saturated rings. The molecule has 148 valence electrons. The molecule has 0 atom stereocenters. The van der Waals surface area contributed by atoms with Gasteiger partial charge in [0.2, 0.25) is 5.91 Å². The van der Waals surface area contributed by atoms with Gasteiger partial charge < -0.3 is 5.32 Å². The summed E-state index contributed by atoms with van der Waals surface area (Å²) in [4.78, 5) is 12.5. The van der Waals surface area contributed by atoms with E-state index in [9.17, 15) is 4.79 Å². The summed E-state index contributed by atoms with van der Waals surface area (Å²) >= 11 is 4.57. The number of aromatic nitrogens is 4. The summed E-state index contributed by atoms with van der Waals surface area (Å²) in [6, 6.07) is 11.7. The Bertz CT molecular complexity index is 931. The van der Waals surface area contributed by atoms with Crippen molar-refractivity contribution in [3.8, 4) is 5.69 Å². The lowest BCUT2D eigenvalue weighted by Crippen LogP contribution is -2.16. The van der Waals surface area contributed by atoms with Crippen molar-refractivity contribution < 1.29 is 4.79 Å². The van der Waals surface area contributed by atoms with Crippen LogP contribution in [0.1, 0.15) is 33.4 Å². The average molecular weight is 434 g/mol. The predicted octanol–water partition coefficient (Wildman–Crippen LogP) is 4.86. The first-order valence-corrected chi connectivity index (χ1v) is 11.7. The fourth-order valence-corrected chi connectivity index (χ4v) is 5.06. The molecule has 0 spiro atoms. The van der Waals surface area contributed by atoms with E-state index in [0.29, 0.717) is 5.82 Å². The van der Waals surface area contributed by atoms with E-state index in [1.54, 1.807) is 16.4 Å². The van der Waals surface area contributed by atoms with Crippen molar-refractivity contribution >= 4 is 46.6 Å². The van der Waals surface area contributed by atoms with Crippen LogP contribution in [0.25, 0.3) is 5.69 Å². The maximum absolute atomic E-state index is 12.5. The first kappa shape index (κ1) is 20.9. The molecule has 3 aromatic rings. The van der Waals surface area contributed by atoms with Gasteiger partial charge in [0.05, 0.1) is 17.1 Å². The second-order valence-corrected chi connectivity index (χ2v) is 10.7. The van der Waals surface area contributed by atoms with E-state index in [4.69, 9.17) is 5.10 Å². The Kier molecular flexibility index (Phi) is 6.79. The highest BCUT2D eigenvalue weighted by atomic mass is 32.2. The molecule has 0 aliphatic carbocycles. The van der Waals surface area contributed by atoms with Gasteiger partial charge in [0.25, 0.3) is 0 Å². The smallest absolute Gasteiger partial charge is 0.235 e. The molecule has 3 rings (SSSR count). The van der Waals surface area contributed by atoms with Gasteiger partial charge in [-0.25, -0.2) is 4.68 Å². The van der Waals surface area contributed by atoms with Crippen LogP contribution in [0, 0.1) is 0 Å². The molecule has 0 radical (unpaired) electrons. The lowest BCUT2D eigenvalue weighted by Gasteiger charge is -2.14. The Morgan fingerprint density at radius 2 is 1.82 bits per heavy atom. The first-order chi connectivity index (χ1) is 13.4. The van der Waals surface area contributed by atoms with E-state index >= 15 is 0 Å². The number of nitrogens with one attached hydrogen (secondary N) is 1. The van der Waals surface area contributed by atoms with Gasteiger partial charge in [0, 0.05) is 11.5 Å². The Morgan fingerprint density at radius 3 is 2.46 bits per heavy atom. The predicted molar refractivity (Wildman–Crippen MR) is 118 cm³/mol. The van der Waals surface area contributed by atoms with Gasteiger partial charge in [-0.1, -0.05) is 80.8 Å². The minimum atomic E-state index is -0.117. The molecule has 2 heterocycles. The number of thioether (sulfide) groups is 2. The number of hydrogen-bond donors (Lipinski definition) is 1. The molecule has 9 heteroatoms. The van der Waals surface area contributed by atoms with Crippen molar-refractivity contribution in [1.29, 1.82) is 0 Å². The molecule has 1 amide bonds. The van der Waals surface area contributed by atoms with Gasteiger partial charge >= 0.3 is 0 Å². The van der Waals surface area contributed by atoms with E-state index < -0.39 is 0 Å². The van der Waals surface area contributed by atoms with Crippen LogP contribution in [0.4, 0.5) is 5.82 Å². The Hall–Kier alpha value is -1.84. The van der Waals surface area contributed by atoms with Crippen molar-refractivity contribution in [2.24, 2.45) is 0 Å². The maximum Gasteiger partial charge on any atom is 0.235 e. The highest BCUT2D eigenvalue weighted by molar-refractivity contribution is 8.03. The first-order valence-electron chi connectivity index (χ1n) is 8.91. The number of carbonyl (C=O) groups is 1. The van der Waals surface area contributed by atoms with E-state index in [-0.39, 0.29) is 17.1 Å². The van der Waals surface area contributed by atoms with Crippen LogP contribution in [0.5, 0.6) is 0 Å². The number of carbonyl (C=O) groups excluding carboxylic acids is 1. The van der Waals surface area contributed by atoms with E-state index in [1.807, 2.05) is 36.4 Å². The van der Waals surface area contributed by atoms with Crippen LogP contribution in [-0.4, -0.2) is 37.4 Å². The van der Waals surface area contributed by atoms with E-state index in [0.717, 1.165) is 25.8 Å². The normalized spacial score (nSPS) is 11.6. The number of amides is 1. The lowest BCUT2D eigenvalue weighted by molar-refractivity contribution is -0.113. The van der Waals surface area contributed by atoms with Crippen molar-refractivity contribution in [3.63, 3.8) is 0 Å². The molecule has 0 saturated carbocycles. The number of nitrogens with zero attached hydrogens (tertiary/aromatic N) is 4. The third-order valence-corrected chi connectivity index (χ3v) is 6.80. The van der Waals surface area contributed by atoms with Gasteiger partial charge in [-0.2, -0.15) is 5.10 Å². The fraction of sp³-hybridized carbons (Fsp3) is 0.368. The summed E-state index contributed by atoms with van der Waals surface area (Å²) in [6.45, 7) is 8.39. The molecule has 0 aliphatic rings. The topological polar surface area (TPSA) is 72.7 Å². The molecule has 28 heavy (non-hydrogen) atoms. The molecule has 6 nitrogen and oxygen atoms in total. The quantitative estimate of drug-likeness (QED) is 0.536. The molecule has 0 bridgehead atoms. The van der Waals surface area contributed by atoms with Crippen LogP contribution in [0.15, 0.2) is 45.1 Å². The SMILES string of the molecule is CCSc1nnc(SCC(=O)Nc2cc(C(C)(C)C)nn2-c2ccccc2)s1. The third-order valence-electron chi connectivity index (χ3n) is 3.73. The number of para-hydroxylation sites is 1. The number of benzene rings is 1. The van der Waals surface area contributed by atoms with E-state index in [2.05, 4.69) is 43.2 Å². The Labute approximate surface area is 177 Å². The van der Waals surface area contributed by atoms with Gasteiger partial charge in [0.1, 0.15) is 5.82 Å². The maximum atomic E-state index is 12.5. The van der Waals surface area contributed by atoms with Crippen LogP contribution >= 0.6 is 34.9 Å². The second-order valence-electron chi connectivity index (χ2n) is 7.02. The summed E-state index contributed by atoms with van der Waals surface area (Å²) in [5.74, 6) is 1.80. The standard InChI is InChI=1S/C19H23N5OS3/c1-5-26-17-21-22-18(28-17)27-12-16(25)20-15-11-14(19(2,3)4)23-24(15)13-9-7-6-8-10-13/h6-11H,5,12H2,1-4H3,(H,20,25). The zero-order chi connectivity index (χ0) is 20.1. The van der Waals surface area contributed by atoms with Crippen molar-refractivity contribution in [3.05, 3.63) is 42.1 Å². The minimum absolute atomic E-state index is 0.0950. The highest BCUT2D eigenvalue weighted by Crippen LogP contribution is 2.29. The molecule has 0 saturated heterocycles. The molecule has 1 aromatic carbocycles. The summed E-state index contributed by atoms with van der Waals surface area (Å²) in [7, 11) is 0. The molecular formula is C19H23N5OS3. The number of rotatable bonds is 7. The molecular weight excluding hydrogens is 410 g/mol. The minimum Gasteiger partial charge on any atom is -0.310 e. The molecule has 1 N–H and O–H groups in total. The van der Waals surface area contributed by atoms with Crippen molar-refractivity contribution in [2.45, 2.75) is 41.8 Å². The van der Waals surface area contributed by atoms with Crippen LogP contribution < -0.4 is 5.32 Å².